The SMILES string of the molecule is CCC(C)C(C)NCCCN1CCCCC1C. The molecule has 1 aliphatic rings. The standard InChI is InChI=1S/C15H32N2/c1-5-13(2)15(4)16-10-8-12-17-11-7-6-9-14(17)3/h13-16H,5-12H2,1-4H3. The lowest BCUT2D eigenvalue weighted by molar-refractivity contribution is 0.158. The maximum absolute atomic E-state index is 3.66. The zero-order chi connectivity index (χ0) is 12.7. The van der Waals surface area contributed by atoms with Gasteiger partial charge in [0.25, 0.3) is 0 Å². The molecule has 0 aromatic carbocycles. The summed E-state index contributed by atoms with van der Waals surface area (Å²) in [4.78, 5) is 2.67. The highest BCUT2D eigenvalue weighted by molar-refractivity contribution is 4.73. The fourth-order valence-corrected chi connectivity index (χ4v) is 2.66. The van der Waals surface area contributed by atoms with Gasteiger partial charge in [-0.05, 0) is 58.7 Å². The molecule has 1 rings (SSSR count). The minimum atomic E-state index is 0.666. The van der Waals surface area contributed by atoms with Crippen molar-refractivity contribution in [1.82, 2.24) is 10.2 Å². The molecule has 1 saturated heterocycles. The van der Waals surface area contributed by atoms with Crippen LogP contribution in [0.25, 0.3) is 0 Å². The van der Waals surface area contributed by atoms with Crippen molar-refractivity contribution in [2.75, 3.05) is 19.6 Å². The first-order chi connectivity index (χ1) is 8.15. The Morgan fingerprint density at radius 2 is 2.06 bits per heavy atom. The van der Waals surface area contributed by atoms with Crippen LogP contribution in [0.1, 0.15) is 59.8 Å². The third-order valence-electron chi connectivity index (χ3n) is 4.53. The van der Waals surface area contributed by atoms with Crippen molar-refractivity contribution in [1.29, 1.82) is 0 Å². The number of hydrogen-bond donors (Lipinski definition) is 1. The maximum Gasteiger partial charge on any atom is 0.00669 e. The number of nitrogens with one attached hydrogen (secondary N) is 1. The fourth-order valence-electron chi connectivity index (χ4n) is 2.66. The molecule has 0 aromatic heterocycles. The minimum Gasteiger partial charge on any atom is -0.314 e. The topological polar surface area (TPSA) is 15.3 Å². The van der Waals surface area contributed by atoms with Crippen molar-refractivity contribution >= 4 is 0 Å². The van der Waals surface area contributed by atoms with E-state index >= 15 is 0 Å². The highest BCUT2D eigenvalue weighted by atomic mass is 15.2. The van der Waals surface area contributed by atoms with Gasteiger partial charge in [0.2, 0.25) is 0 Å². The molecule has 1 N–H and O–H groups in total. The Morgan fingerprint density at radius 3 is 2.71 bits per heavy atom. The van der Waals surface area contributed by atoms with Crippen LogP contribution in [-0.4, -0.2) is 36.6 Å². The molecule has 3 atom stereocenters. The molecular weight excluding hydrogens is 208 g/mol. The highest BCUT2D eigenvalue weighted by Gasteiger charge is 2.17. The van der Waals surface area contributed by atoms with Gasteiger partial charge in [-0.25, -0.2) is 0 Å². The second-order valence-electron chi connectivity index (χ2n) is 5.86. The number of hydrogen-bond acceptors (Lipinski definition) is 2. The van der Waals surface area contributed by atoms with Gasteiger partial charge >= 0.3 is 0 Å². The predicted molar refractivity (Wildman–Crippen MR) is 76.4 cm³/mol. The van der Waals surface area contributed by atoms with Gasteiger partial charge in [-0.3, -0.25) is 0 Å². The molecule has 0 saturated carbocycles. The van der Waals surface area contributed by atoms with E-state index in [4.69, 9.17) is 0 Å². The molecule has 1 fully saturated rings. The number of piperidine rings is 1. The maximum atomic E-state index is 3.66. The summed E-state index contributed by atoms with van der Waals surface area (Å²) in [5, 5.41) is 3.66. The van der Waals surface area contributed by atoms with Gasteiger partial charge in [-0.2, -0.15) is 0 Å². The normalized spacial score (nSPS) is 25.8. The molecule has 0 aliphatic carbocycles. The van der Waals surface area contributed by atoms with E-state index in [-0.39, 0.29) is 0 Å². The average Bonchev–Trinajstić information content (AvgIpc) is 2.35. The molecule has 1 heterocycles. The highest BCUT2D eigenvalue weighted by Crippen LogP contribution is 2.16. The van der Waals surface area contributed by atoms with E-state index in [1.165, 1.54) is 51.7 Å². The van der Waals surface area contributed by atoms with Crippen molar-refractivity contribution in [2.24, 2.45) is 5.92 Å². The smallest absolute Gasteiger partial charge is 0.00669 e. The molecule has 0 aromatic rings. The van der Waals surface area contributed by atoms with Crippen LogP contribution in [0.15, 0.2) is 0 Å². The van der Waals surface area contributed by atoms with Crippen molar-refractivity contribution < 1.29 is 0 Å². The fraction of sp³-hybridized carbons (Fsp3) is 1.00. The summed E-state index contributed by atoms with van der Waals surface area (Å²) < 4.78 is 0. The Hall–Kier alpha value is -0.0800. The van der Waals surface area contributed by atoms with Gasteiger partial charge in [0.1, 0.15) is 0 Å². The van der Waals surface area contributed by atoms with Crippen LogP contribution in [0.3, 0.4) is 0 Å². The molecular formula is C15H32N2. The van der Waals surface area contributed by atoms with Crippen LogP contribution in [0.2, 0.25) is 0 Å². The number of nitrogens with zero attached hydrogens (tertiary/aromatic N) is 1. The second kappa shape index (κ2) is 8.10. The first kappa shape index (κ1) is 15.0. The zero-order valence-corrected chi connectivity index (χ0v) is 12.3. The summed E-state index contributed by atoms with van der Waals surface area (Å²) >= 11 is 0. The van der Waals surface area contributed by atoms with Crippen LogP contribution >= 0.6 is 0 Å². The summed E-state index contributed by atoms with van der Waals surface area (Å²) in [7, 11) is 0. The Labute approximate surface area is 108 Å². The van der Waals surface area contributed by atoms with Crippen molar-refractivity contribution in [3.63, 3.8) is 0 Å². The van der Waals surface area contributed by atoms with Gasteiger partial charge in [0.15, 0.2) is 0 Å². The van der Waals surface area contributed by atoms with Crippen LogP contribution < -0.4 is 5.32 Å². The van der Waals surface area contributed by atoms with Crippen LogP contribution in [0.5, 0.6) is 0 Å². The Morgan fingerprint density at radius 1 is 1.29 bits per heavy atom. The molecule has 3 unspecified atom stereocenters. The lowest BCUT2D eigenvalue weighted by Crippen LogP contribution is -2.40. The van der Waals surface area contributed by atoms with Crippen molar-refractivity contribution in [3.05, 3.63) is 0 Å². The van der Waals surface area contributed by atoms with E-state index in [0.717, 1.165) is 12.0 Å². The first-order valence-corrected chi connectivity index (χ1v) is 7.62. The van der Waals surface area contributed by atoms with Crippen LogP contribution in [-0.2, 0) is 0 Å². The molecule has 1 aliphatic heterocycles. The summed E-state index contributed by atoms with van der Waals surface area (Å²) in [5.41, 5.74) is 0. The third kappa shape index (κ3) is 5.39. The van der Waals surface area contributed by atoms with Crippen LogP contribution in [0, 0.1) is 5.92 Å². The third-order valence-corrected chi connectivity index (χ3v) is 4.53. The van der Waals surface area contributed by atoms with Gasteiger partial charge in [0.05, 0.1) is 0 Å². The quantitative estimate of drug-likeness (QED) is 0.687. The van der Waals surface area contributed by atoms with E-state index in [1.54, 1.807) is 0 Å². The first-order valence-electron chi connectivity index (χ1n) is 7.62. The summed E-state index contributed by atoms with van der Waals surface area (Å²) in [5.74, 6) is 0.795. The van der Waals surface area contributed by atoms with Gasteiger partial charge in [-0.15, -0.1) is 0 Å². The summed E-state index contributed by atoms with van der Waals surface area (Å²) in [6.07, 6.45) is 6.81. The van der Waals surface area contributed by atoms with E-state index < -0.39 is 0 Å². The van der Waals surface area contributed by atoms with Gasteiger partial charge in [-0.1, -0.05) is 26.7 Å². The van der Waals surface area contributed by atoms with Crippen LogP contribution in [0.4, 0.5) is 0 Å². The molecule has 102 valence electrons. The zero-order valence-electron chi connectivity index (χ0n) is 12.3. The Kier molecular flexibility index (Phi) is 7.14. The number of rotatable bonds is 7. The Balaban J connectivity index is 2.07. The molecule has 0 amide bonds. The lowest BCUT2D eigenvalue weighted by atomic mass is 10.0. The van der Waals surface area contributed by atoms with Gasteiger partial charge in [0, 0.05) is 12.1 Å². The summed E-state index contributed by atoms with van der Waals surface area (Å²) in [6, 6.07) is 1.48. The minimum absolute atomic E-state index is 0.666. The van der Waals surface area contributed by atoms with Gasteiger partial charge < -0.3 is 10.2 Å². The average molecular weight is 240 g/mol. The lowest BCUT2D eigenvalue weighted by Gasteiger charge is -2.33. The number of likely N-dealkylation sites (tertiary alicyclic amines) is 1. The van der Waals surface area contributed by atoms with E-state index in [2.05, 4.69) is 37.9 Å². The molecule has 0 radical (unpaired) electrons. The molecule has 0 spiro atoms. The monoisotopic (exact) mass is 240 g/mol. The van der Waals surface area contributed by atoms with E-state index in [1.807, 2.05) is 0 Å². The molecule has 2 nitrogen and oxygen atoms in total. The van der Waals surface area contributed by atoms with E-state index in [0.29, 0.717) is 6.04 Å². The largest absolute Gasteiger partial charge is 0.314 e. The second-order valence-corrected chi connectivity index (χ2v) is 5.86. The molecule has 17 heavy (non-hydrogen) atoms. The predicted octanol–water partition coefficient (Wildman–Crippen LogP) is 3.28. The summed E-state index contributed by atoms with van der Waals surface area (Å²) in [6.45, 7) is 13.1. The van der Waals surface area contributed by atoms with Crippen molar-refractivity contribution in [3.8, 4) is 0 Å². The molecule has 2 heteroatoms. The van der Waals surface area contributed by atoms with Crippen molar-refractivity contribution in [2.45, 2.75) is 71.9 Å². The molecule has 0 bridgehead atoms. The van der Waals surface area contributed by atoms with E-state index in [9.17, 15) is 0 Å². The Bertz CT molecular complexity index is 193.